The van der Waals surface area contributed by atoms with Crippen LogP contribution < -0.4 is 10.7 Å². The molecule has 4 heteroatoms. The topological polar surface area (TPSA) is 44.4 Å². The van der Waals surface area contributed by atoms with Gasteiger partial charge >= 0.3 is 0 Å². The molecular weight excluding hydrogens is 142 g/mol. The summed E-state index contributed by atoms with van der Waals surface area (Å²) in [4.78, 5) is 11.0. The highest BCUT2D eigenvalue weighted by molar-refractivity contribution is 5.77. The first-order valence-electron chi connectivity index (χ1n) is 3.93. The van der Waals surface area contributed by atoms with Gasteiger partial charge in [-0.25, -0.2) is 5.01 Å². The van der Waals surface area contributed by atoms with Gasteiger partial charge in [-0.05, 0) is 14.0 Å². The number of carbonyl (C=O) groups is 1. The minimum absolute atomic E-state index is 0.0590. The van der Waals surface area contributed by atoms with E-state index in [9.17, 15) is 4.79 Å². The lowest BCUT2D eigenvalue weighted by Crippen LogP contribution is -2.43. The van der Waals surface area contributed by atoms with Gasteiger partial charge in [0, 0.05) is 13.1 Å². The number of amides is 1. The molecule has 0 aliphatic heterocycles. The van der Waals surface area contributed by atoms with Crippen molar-refractivity contribution in [1.29, 1.82) is 0 Å². The van der Waals surface area contributed by atoms with Gasteiger partial charge in [-0.1, -0.05) is 6.92 Å². The van der Waals surface area contributed by atoms with Crippen LogP contribution in [-0.4, -0.2) is 37.6 Å². The van der Waals surface area contributed by atoms with Crippen LogP contribution in [0.15, 0.2) is 0 Å². The molecule has 0 saturated carbocycles. The molecule has 0 heterocycles. The molecule has 1 amide bonds. The Balaban J connectivity index is 3.54. The maximum atomic E-state index is 11.0. The second-order valence-corrected chi connectivity index (χ2v) is 2.19. The lowest BCUT2D eigenvalue weighted by atomic mass is 10.5. The van der Waals surface area contributed by atoms with E-state index in [1.807, 2.05) is 25.9 Å². The lowest BCUT2D eigenvalue weighted by Gasteiger charge is -2.17. The van der Waals surface area contributed by atoms with Crippen molar-refractivity contribution in [1.82, 2.24) is 15.8 Å². The largest absolute Gasteiger partial charge is 0.355 e. The third-order valence-electron chi connectivity index (χ3n) is 1.41. The minimum Gasteiger partial charge on any atom is -0.355 e. The fraction of sp³-hybridized carbons (Fsp3) is 0.857. The molecule has 2 N–H and O–H groups in total. The predicted octanol–water partition coefficient (Wildman–Crippen LogP) is -0.421. The summed E-state index contributed by atoms with van der Waals surface area (Å²) in [5.41, 5.74) is 2.91. The quantitative estimate of drug-likeness (QED) is 0.535. The molecule has 4 nitrogen and oxygen atoms in total. The molecule has 0 saturated heterocycles. The average Bonchev–Trinajstić information content (AvgIpc) is 2.01. The van der Waals surface area contributed by atoms with E-state index in [-0.39, 0.29) is 5.91 Å². The Morgan fingerprint density at radius 3 is 2.45 bits per heavy atom. The third-order valence-corrected chi connectivity index (χ3v) is 1.41. The van der Waals surface area contributed by atoms with Gasteiger partial charge < -0.3 is 5.32 Å². The van der Waals surface area contributed by atoms with Crippen molar-refractivity contribution in [2.75, 3.05) is 26.7 Å². The van der Waals surface area contributed by atoms with Crippen LogP contribution in [0.2, 0.25) is 0 Å². The number of likely N-dealkylation sites (N-methyl/N-ethyl adjacent to an activating group) is 2. The average molecular weight is 159 g/mol. The monoisotopic (exact) mass is 159 g/mol. The van der Waals surface area contributed by atoms with E-state index in [0.29, 0.717) is 13.1 Å². The first-order valence-corrected chi connectivity index (χ1v) is 3.93. The van der Waals surface area contributed by atoms with E-state index in [0.717, 1.165) is 6.54 Å². The van der Waals surface area contributed by atoms with Crippen molar-refractivity contribution in [3.63, 3.8) is 0 Å². The van der Waals surface area contributed by atoms with E-state index in [1.54, 1.807) is 0 Å². The molecule has 0 aromatic rings. The fourth-order valence-electron chi connectivity index (χ4n) is 0.775. The van der Waals surface area contributed by atoms with Gasteiger partial charge in [0.1, 0.15) is 0 Å². The molecule has 0 aromatic heterocycles. The van der Waals surface area contributed by atoms with Gasteiger partial charge in [-0.2, -0.15) is 0 Å². The molecule has 0 radical (unpaired) electrons. The standard InChI is InChI=1S/C7H17N3O/c1-4-9-7(11)6-10(5-2)8-3/h8H,4-6H2,1-3H3,(H,9,11). The molecule has 0 spiro atoms. The SMILES string of the molecule is CCNC(=O)CN(CC)NC. The van der Waals surface area contributed by atoms with Gasteiger partial charge in [-0.3, -0.25) is 10.2 Å². The molecule has 0 unspecified atom stereocenters. The Kier molecular flexibility index (Phi) is 5.78. The minimum atomic E-state index is 0.0590. The zero-order valence-corrected chi connectivity index (χ0v) is 7.48. The summed E-state index contributed by atoms with van der Waals surface area (Å²) in [5, 5.41) is 4.56. The van der Waals surface area contributed by atoms with E-state index in [4.69, 9.17) is 0 Å². The maximum absolute atomic E-state index is 11.0. The highest BCUT2D eigenvalue weighted by Crippen LogP contribution is 1.78. The van der Waals surface area contributed by atoms with Crippen LogP contribution in [0.25, 0.3) is 0 Å². The van der Waals surface area contributed by atoms with Crippen molar-refractivity contribution >= 4 is 5.91 Å². The molecular formula is C7H17N3O. The van der Waals surface area contributed by atoms with Crippen LogP contribution in [-0.2, 0) is 4.79 Å². The molecule has 0 bridgehead atoms. The third kappa shape index (κ3) is 4.75. The Bertz CT molecular complexity index is 112. The zero-order chi connectivity index (χ0) is 8.69. The van der Waals surface area contributed by atoms with Crippen molar-refractivity contribution in [2.24, 2.45) is 0 Å². The number of hydrazine groups is 1. The van der Waals surface area contributed by atoms with Crippen LogP contribution in [0.4, 0.5) is 0 Å². The summed E-state index contributed by atoms with van der Waals surface area (Å²) in [5.74, 6) is 0.0590. The first kappa shape index (κ1) is 10.4. The molecule has 11 heavy (non-hydrogen) atoms. The first-order chi connectivity index (χ1) is 5.24. The number of hydrogen-bond donors (Lipinski definition) is 2. The highest BCUT2D eigenvalue weighted by atomic mass is 16.2. The lowest BCUT2D eigenvalue weighted by molar-refractivity contribution is -0.122. The number of carbonyl (C=O) groups excluding carboxylic acids is 1. The second-order valence-electron chi connectivity index (χ2n) is 2.19. The van der Waals surface area contributed by atoms with Crippen LogP contribution in [0.3, 0.4) is 0 Å². The Hall–Kier alpha value is -0.610. The Morgan fingerprint density at radius 1 is 1.45 bits per heavy atom. The number of nitrogens with one attached hydrogen (secondary N) is 2. The van der Waals surface area contributed by atoms with Crippen molar-refractivity contribution < 1.29 is 4.79 Å². The highest BCUT2D eigenvalue weighted by Gasteiger charge is 2.04. The van der Waals surface area contributed by atoms with Crippen LogP contribution in [0, 0.1) is 0 Å². The van der Waals surface area contributed by atoms with Gasteiger partial charge in [0.2, 0.25) is 5.91 Å². The summed E-state index contributed by atoms with van der Waals surface area (Å²) in [6.45, 7) is 5.85. The van der Waals surface area contributed by atoms with E-state index in [1.165, 1.54) is 0 Å². The van der Waals surface area contributed by atoms with Crippen molar-refractivity contribution in [3.8, 4) is 0 Å². The second kappa shape index (κ2) is 6.12. The Labute approximate surface area is 67.9 Å². The van der Waals surface area contributed by atoms with Gasteiger partial charge in [0.15, 0.2) is 0 Å². The van der Waals surface area contributed by atoms with Crippen LogP contribution in [0.1, 0.15) is 13.8 Å². The van der Waals surface area contributed by atoms with Crippen molar-refractivity contribution in [2.45, 2.75) is 13.8 Å². The predicted molar refractivity (Wildman–Crippen MR) is 45.0 cm³/mol. The fourth-order valence-corrected chi connectivity index (χ4v) is 0.775. The maximum Gasteiger partial charge on any atom is 0.235 e. The summed E-state index contributed by atoms with van der Waals surface area (Å²) in [7, 11) is 1.81. The van der Waals surface area contributed by atoms with Gasteiger partial charge in [0.25, 0.3) is 0 Å². The molecule has 0 atom stereocenters. The van der Waals surface area contributed by atoms with Crippen molar-refractivity contribution in [3.05, 3.63) is 0 Å². The molecule has 0 aliphatic rings. The van der Waals surface area contributed by atoms with E-state index in [2.05, 4.69) is 10.7 Å². The number of hydrogen-bond acceptors (Lipinski definition) is 3. The summed E-state index contributed by atoms with van der Waals surface area (Å²) in [6.07, 6.45) is 0. The molecule has 66 valence electrons. The smallest absolute Gasteiger partial charge is 0.235 e. The normalized spacial score (nSPS) is 10.2. The summed E-state index contributed by atoms with van der Waals surface area (Å²) < 4.78 is 0. The number of rotatable bonds is 5. The molecule has 0 aliphatic carbocycles. The van der Waals surface area contributed by atoms with Gasteiger partial charge in [0.05, 0.1) is 6.54 Å². The summed E-state index contributed by atoms with van der Waals surface area (Å²) in [6, 6.07) is 0. The van der Waals surface area contributed by atoms with Gasteiger partial charge in [-0.15, -0.1) is 0 Å². The molecule has 0 rings (SSSR count). The van der Waals surface area contributed by atoms with Crippen LogP contribution >= 0.6 is 0 Å². The molecule has 0 fully saturated rings. The molecule has 0 aromatic carbocycles. The zero-order valence-electron chi connectivity index (χ0n) is 7.48. The Morgan fingerprint density at radius 2 is 2.09 bits per heavy atom. The summed E-state index contributed by atoms with van der Waals surface area (Å²) >= 11 is 0. The number of nitrogens with zero attached hydrogens (tertiary/aromatic N) is 1. The van der Waals surface area contributed by atoms with E-state index < -0.39 is 0 Å². The van der Waals surface area contributed by atoms with Crippen LogP contribution in [0.5, 0.6) is 0 Å². The van der Waals surface area contributed by atoms with E-state index >= 15 is 0 Å².